The molecule has 1 N–H and O–H groups in total. The van der Waals surface area contributed by atoms with E-state index in [0.29, 0.717) is 18.2 Å². The second-order valence-electron chi connectivity index (χ2n) is 6.45. The van der Waals surface area contributed by atoms with Crippen LogP contribution < -0.4 is 10.1 Å². The molecular formula is C21H24ClN3O3. The highest BCUT2D eigenvalue weighted by molar-refractivity contribution is 6.30. The fourth-order valence-electron chi connectivity index (χ4n) is 3.26. The third-order valence-electron chi connectivity index (χ3n) is 4.61. The molecule has 6 nitrogen and oxygen atoms in total. The highest BCUT2D eigenvalue weighted by atomic mass is 35.5. The lowest BCUT2D eigenvalue weighted by atomic mass is 9.91. The number of halogens is 1. The predicted octanol–water partition coefficient (Wildman–Crippen LogP) is 3.67. The van der Waals surface area contributed by atoms with Gasteiger partial charge in [0.1, 0.15) is 11.4 Å². The van der Waals surface area contributed by atoms with E-state index in [-0.39, 0.29) is 18.2 Å². The molecule has 1 aromatic carbocycles. The maximum absolute atomic E-state index is 12.6. The number of pyridine rings is 1. The predicted molar refractivity (Wildman–Crippen MR) is 109 cm³/mol. The minimum Gasteiger partial charge on any atom is -0.496 e. The Kier molecular flexibility index (Phi) is 6.90. The van der Waals surface area contributed by atoms with E-state index in [9.17, 15) is 4.79 Å². The van der Waals surface area contributed by atoms with E-state index < -0.39 is 0 Å². The van der Waals surface area contributed by atoms with Gasteiger partial charge in [0, 0.05) is 50.6 Å². The molecule has 1 unspecified atom stereocenters. The number of amides is 1. The third kappa shape index (κ3) is 4.64. The minimum atomic E-state index is -0.230. The number of benzene rings is 1. The summed E-state index contributed by atoms with van der Waals surface area (Å²) in [4.78, 5) is 17.1. The van der Waals surface area contributed by atoms with Crippen LogP contribution in [0.3, 0.4) is 0 Å². The van der Waals surface area contributed by atoms with Crippen molar-refractivity contribution in [2.75, 3.05) is 27.4 Å². The van der Waals surface area contributed by atoms with Crippen molar-refractivity contribution in [1.82, 2.24) is 14.7 Å². The monoisotopic (exact) mass is 401 g/mol. The molecule has 0 fully saturated rings. The summed E-state index contributed by atoms with van der Waals surface area (Å²) >= 11 is 6.20. The van der Waals surface area contributed by atoms with Crippen LogP contribution in [0.4, 0.5) is 0 Å². The largest absolute Gasteiger partial charge is 0.496 e. The van der Waals surface area contributed by atoms with E-state index in [1.807, 2.05) is 40.9 Å². The first-order valence-corrected chi connectivity index (χ1v) is 9.53. The van der Waals surface area contributed by atoms with Gasteiger partial charge in [0.25, 0.3) is 0 Å². The Morgan fingerprint density at radius 1 is 1.25 bits per heavy atom. The number of rotatable bonds is 9. The van der Waals surface area contributed by atoms with E-state index in [4.69, 9.17) is 21.1 Å². The van der Waals surface area contributed by atoms with Gasteiger partial charge in [-0.25, -0.2) is 4.98 Å². The molecule has 3 aromatic rings. The van der Waals surface area contributed by atoms with Crippen LogP contribution in [0.15, 0.2) is 48.8 Å². The number of methoxy groups -OCH3 is 2. The van der Waals surface area contributed by atoms with Crippen LogP contribution in [0.1, 0.15) is 30.0 Å². The summed E-state index contributed by atoms with van der Waals surface area (Å²) in [6.45, 7) is 1.19. The summed E-state index contributed by atoms with van der Waals surface area (Å²) in [6, 6.07) is 11.4. The van der Waals surface area contributed by atoms with E-state index >= 15 is 0 Å². The molecule has 2 heterocycles. The summed E-state index contributed by atoms with van der Waals surface area (Å²) in [5.74, 6) is 0.465. The molecule has 28 heavy (non-hydrogen) atoms. The Labute approximate surface area is 169 Å². The van der Waals surface area contributed by atoms with Crippen LogP contribution in [0.25, 0.3) is 5.65 Å². The van der Waals surface area contributed by atoms with Crippen LogP contribution in [-0.4, -0.2) is 42.7 Å². The van der Waals surface area contributed by atoms with Gasteiger partial charge in [-0.3, -0.25) is 4.79 Å². The lowest BCUT2D eigenvalue weighted by molar-refractivity contribution is -0.121. The number of carbonyl (C=O) groups is 1. The average Bonchev–Trinajstić information content (AvgIpc) is 3.12. The van der Waals surface area contributed by atoms with Crippen LogP contribution in [0.2, 0.25) is 5.02 Å². The SMILES string of the molecule is COCCCNC(=O)CC(c1ccccc1OC)c1cnc2ccc(Cl)cn12. The fourth-order valence-corrected chi connectivity index (χ4v) is 3.42. The van der Waals surface area contributed by atoms with Crippen molar-refractivity contribution in [3.8, 4) is 5.75 Å². The lowest BCUT2D eigenvalue weighted by Gasteiger charge is -2.20. The van der Waals surface area contributed by atoms with Crippen molar-refractivity contribution in [2.24, 2.45) is 0 Å². The second-order valence-corrected chi connectivity index (χ2v) is 6.89. The first kappa shape index (κ1) is 20.2. The van der Waals surface area contributed by atoms with Crippen molar-refractivity contribution >= 4 is 23.2 Å². The molecule has 148 valence electrons. The zero-order chi connectivity index (χ0) is 19.9. The van der Waals surface area contributed by atoms with Crippen LogP contribution in [0, 0.1) is 0 Å². The molecule has 0 aliphatic rings. The number of nitrogens with zero attached hydrogens (tertiary/aromatic N) is 2. The first-order valence-electron chi connectivity index (χ1n) is 9.15. The van der Waals surface area contributed by atoms with E-state index in [0.717, 1.165) is 29.1 Å². The van der Waals surface area contributed by atoms with Crippen LogP contribution in [0.5, 0.6) is 5.75 Å². The molecule has 0 aliphatic carbocycles. The molecule has 7 heteroatoms. The first-order chi connectivity index (χ1) is 13.6. The smallest absolute Gasteiger partial charge is 0.221 e. The van der Waals surface area contributed by atoms with Gasteiger partial charge < -0.3 is 19.2 Å². The Morgan fingerprint density at radius 3 is 2.86 bits per heavy atom. The van der Waals surface area contributed by atoms with Crippen LogP contribution >= 0.6 is 11.6 Å². The molecule has 2 aromatic heterocycles. The average molecular weight is 402 g/mol. The summed E-state index contributed by atoms with van der Waals surface area (Å²) in [5.41, 5.74) is 2.59. The number of para-hydroxylation sites is 1. The van der Waals surface area contributed by atoms with Crippen LogP contribution in [-0.2, 0) is 9.53 Å². The Hall–Kier alpha value is -2.57. The lowest BCUT2D eigenvalue weighted by Crippen LogP contribution is -2.27. The molecule has 0 spiro atoms. The summed E-state index contributed by atoms with van der Waals surface area (Å²) in [6.07, 6.45) is 4.65. The summed E-state index contributed by atoms with van der Waals surface area (Å²) < 4.78 is 12.5. The standard InChI is InChI=1S/C21H24ClN3O3/c1-27-11-5-10-23-21(26)12-17(16-6-3-4-7-19(16)28-2)18-13-24-20-9-8-15(22)14-25(18)20/h3-4,6-9,13-14,17H,5,10-12H2,1-2H3,(H,23,26). The number of ether oxygens (including phenoxy) is 2. The number of aromatic nitrogens is 2. The van der Waals surface area contributed by atoms with Gasteiger partial charge in [-0.2, -0.15) is 0 Å². The fraction of sp³-hybridized carbons (Fsp3) is 0.333. The number of imidazole rings is 1. The van der Waals surface area contributed by atoms with Crippen molar-refractivity contribution in [2.45, 2.75) is 18.8 Å². The molecule has 0 saturated heterocycles. The van der Waals surface area contributed by atoms with Gasteiger partial charge in [-0.1, -0.05) is 29.8 Å². The van der Waals surface area contributed by atoms with Gasteiger partial charge in [0.05, 0.1) is 17.8 Å². The third-order valence-corrected chi connectivity index (χ3v) is 4.83. The van der Waals surface area contributed by atoms with Crippen molar-refractivity contribution in [1.29, 1.82) is 0 Å². The minimum absolute atomic E-state index is 0.0380. The summed E-state index contributed by atoms with van der Waals surface area (Å²) in [5, 5.41) is 3.57. The Bertz CT molecular complexity index is 942. The maximum Gasteiger partial charge on any atom is 0.221 e. The second kappa shape index (κ2) is 9.57. The molecule has 0 radical (unpaired) electrons. The van der Waals surface area contributed by atoms with E-state index in [1.54, 1.807) is 26.5 Å². The van der Waals surface area contributed by atoms with Crippen molar-refractivity contribution < 1.29 is 14.3 Å². The summed E-state index contributed by atoms with van der Waals surface area (Å²) in [7, 11) is 3.28. The van der Waals surface area contributed by atoms with Crippen molar-refractivity contribution in [3.05, 3.63) is 65.1 Å². The van der Waals surface area contributed by atoms with E-state index in [1.165, 1.54) is 0 Å². The molecule has 1 atom stereocenters. The Balaban J connectivity index is 1.95. The molecule has 3 rings (SSSR count). The molecule has 0 saturated carbocycles. The van der Waals surface area contributed by atoms with Crippen molar-refractivity contribution in [3.63, 3.8) is 0 Å². The quantitative estimate of drug-likeness (QED) is 0.555. The van der Waals surface area contributed by atoms with Gasteiger partial charge in [0.2, 0.25) is 5.91 Å². The highest BCUT2D eigenvalue weighted by Gasteiger charge is 2.24. The number of carbonyl (C=O) groups excluding carboxylic acids is 1. The Morgan fingerprint density at radius 2 is 2.07 bits per heavy atom. The zero-order valence-electron chi connectivity index (χ0n) is 16.0. The van der Waals surface area contributed by atoms with Gasteiger partial charge in [-0.05, 0) is 24.6 Å². The number of hydrogen-bond donors (Lipinski definition) is 1. The molecule has 0 aliphatic heterocycles. The number of hydrogen-bond acceptors (Lipinski definition) is 4. The topological polar surface area (TPSA) is 64.9 Å². The highest BCUT2D eigenvalue weighted by Crippen LogP contribution is 2.35. The normalized spacial score (nSPS) is 12.1. The molecule has 1 amide bonds. The van der Waals surface area contributed by atoms with E-state index in [2.05, 4.69) is 10.3 Å². The zero-order valence-corrected chi connectivity index (χ0v) is 16.8. The van der Waals surface area contributed by atoms with Gasteiger partial charge in [-0.15, -0.1) is 0 Å². The molecular weight excluding hydrogens is 378 g/mol. The van der Waals surface area contributed by atoms with Gasteiger partial charge in [0.15, 0.2) is 0 Å². The van der Waals surface area contributed by atoms with Gasteiger partial charge >= 0.3 is 0 Å². The molecule has 0 bridgehead atoms. The maximum atomic E-state index is 12.6. The number of nitrogens with one attached hydrogen (secondary N) is 1. The number of fused-ring (bicyclic) bond motifs is 1.